The van der Waals surface area contributed by atoms with E-state index in [4.69, 9.17) is 0 Å². The summed E-state index contributed by atoms with van der Waals surface area (Å²) in [5.41, 5.74) is 7.26. The molecule has 116 valence electrons. The summed E-state index contributed by atoms with van der Waals surface area (Å²) >= 11 is 5.15. The van der Waals surface area contributed by atoms with Gasteiger partial charge in [-0.15, -0.1) is 11.3 Å². The third kappa shape index (κ3) is 3.92. The Morgan fingerprint density at radius 2 is 2.27 bits per heavy atom. The van der Waals surface area contributed by atoms with Gasteiger partial charge < -0.3 is 5.32 Å². The number of carbonyl (C=O) groups is 1. The molecule has 0 spiro atoms. The Kier molecular flexibility index (Phi) is 5.20. The van der Waals surface area contributed by atoms with Crippen molar-refractivity contribution in [2.45, 2.75) is 24.9 Å². The molecule has 2 atom stereocenters. The van der Waals surface area contributed by atoms with E-state index in [0.29, 0.717) is 6.54 Å². The van der Waals surface area contributed by atoms with Gasteiger partial charge >= 0.3 is 0 Å². The van der Waals surface area contributed by atoms with E-state index < -0.39 is 0 Å². The van der Waals surface area contributed by atoms with Crippen molar-refractivity contribution in [3.8, 4) is 0 Å². The molecule has 0 radical (unpaired) electrons. The zero-order chi connectivity index (χ0) is 15.4. The summed E-state index contributed by atoms with van der Waals surface area (Å²) in [5, 5.41) is 2.96. The maximum Gasteiger partial charge on any atom is 0.238 e. The van der Waals surface area contributed by atoms with E-state index in [-0.39, 0.29) is 18.0 Å². The van der Waals surface area contributed by atoms with E-state index in [0.717, 1.165) is 22.3 Å². The number of nitrogens with one attached hydrogen (secondary N) is 3. The lowest BCUT2D eigenvalue weighted by molar-refractivity contribution is -0.122. The van der Waals surface area contributed by atoms with Crippen LogP contribution in [0.5, 0.6) is 0 Å². The average Bonchev–Trinajstić information content (AvgIpc) is 3.17. The van der Waals surface area contributed by atoms with Gasteiger partial charge in [0.1, 0.15) is 6.04 Å². The Morgan fingerprint density at radius 3 is 3.00 bits per heavy atom. The highest BCUT2D eigenvalue weighted by molar-refractivity contribution is 9.11. The quantitative estimate of drug-likeness (QED) is 0.743. The highest BCUT2D eigenvalue weighted by Gasteiger charge is 2.30. The number of nitrogens with zero attached hydrogens (tertiary/aromatic N) is 1. The van der Waals surface area contributed by atoms with Crippen LogP contribution >= 0.6 is 27.3 Å². The van der Waals surface area contributed by atoms with Crippen LogP contribution in [-0.4, -0.2) is 23.5 Å². The first kappa shape index (κ1) is 15.6. The third-order valence-electron chi connectivity index (χ3n) is 3.56. The van der Waals surface area contributed by atoms with Crippen molar-refractivity contribution in [3.63, 3.8) is 0 Å². The Bertz CT molecular complexity index is 633. The minimum Gasteiger partial charge on any atom is -0.354 e. The molecular weight excluding hydrogens is 364 g/mol. The maximum atomic E-state index is 12.2. The zero-order valence-corrected chi connectivity index (χ0v) is 14.3. The van der Waals surface area contributed by atoms with Crippen LogP contribution in [0, 0.1) is 0 Å². The van der Waals surface area contributed by atoms with Crippen LogP contribution in [0.3, 0.4) is 0 Å². The first-order valence-corrected chi connectivity index (χ1v) is 8.77. The molecular formula is C15H17BrN4OS. The predicted octanol–water partition coefficient (Wildman–Crippen LogP) is 2.17. The molecule has 0 aliphatic carbocycles. The molecule has 7 heteroatoms. The second-order valence-corrected chi connectivity index (χ2v) is 7.63. The van der Waals surface area contributed by atoms with Crippen LogP contribution in [0.1, 0.15) is 23.0 Å². The molecule has 0 saturated carbocycles. The smallest absolute Gasteiger partial charge is 0.238 e. The summed E-state index contributed by atoms with van der Waals surface area (Å²) < 4.78 is 1.10. The van der Waals surface area contributed by atoms with Gasteiger partial charge in [-0.2, -0.15) is 0 Å². The molecule has 1 aliphatic heterocycles. The molecule has 2 unspecified atom stereocenters. The largest absolute Gasteiger partial charge is 0.354 e. The molecule has 22 heavy (non-hydrogen) atoms. The Morgan fingerprint density at radius 1 is 1.36 bits per heavy atom. The SMILES string of the molecule is O=C(NCCc1ccccn1)C1CC(c2ccc(Br)s2)NN1. The van der Waals surface area contributed by atoms with Crippen LogP contribution in [0.2, 0.25) is 0 Å². The molecule has 5 nitrogen and oxygen atoms in total. The van der Waals surface area contributed by atoms with Gasteiger partial charge in [0, 0.05) is 29.7 Å². The van der Waals surface area contributed by atoms with Gasteiger partial charge in [-0.3, -0.25) is 9.78 Å². The molecule has 3 N–H and O–H groups in total. The van der Waals surface area contributed by atoms with Crippen LogP contribution in [0.15, 0.2) is 40.3 Å². The lowest BCUT2D eigenvalue weighted by Crippen LogP contribution is -2.43. The van der Waals surface area contributed by atoms with E-state index in [1.807, 2.05) is 24.3 Å². The van der Waals surface area contributed by atoms with Crippen molar-refractivity contribution in [1.82, 2.24) is 21.2 Å². The zero-order valence-electron chi connectivity index (χ0n) is 11.9. The number of halogens is 1. The normalized spacial score (nSPS) is 21.0. The van der Waals surface area contributed by atoms with Crippen LogP contribution in [0.25, 0.3) is 0 Å². The van der Waals surface area contributed by atoms with Crippen molar-refractivity contribution in [3.05, 3.63) is 50.9 Å². The van der Waals surface area contributed by atoms with Crippen LogP contribution < -0.4 is 16.2 Å². The van der Waals surface area contributed by atoms with Crippen molar-refractivity contribution in [2.75, 3.05) is 6.54 Å². The predicted molar refractivity (Wildman–Crippen MR) is 90.4 cm³/mol. The molecule has 1 aliphatic rings. The fourth-order valence-corrected chi connectivity index (χ4v) is 3.90. The van der Waals surface area contributed by atoms with Gasteiger partial charge in [0.25, 0.3) is 0 Å². The lowest BCUT2D eigenvalue weighted by atomic mass is 10.1. The maximum absolute atomic E-state index is 12.2. The number of amides is 1. The van der Waals surface area contributed by atoms with E-state index >= 15 is 0 Å². The average molecular weight is 381 g/mol. The molecule has 0 aromatic carbocycles. The van der Waals surface area contributed by atoms with Crippen molar-refractivity contribution < 1.29 is 4.79 Å². The van der Waals surface area contributed by atoms with Crippen LogP contribution in [-0.2, 0) is 11.2 Å². The van der Waals surface area contributed by atoms with E-state index in [1.54, 1.807) is 17.5 Å². The fourth-order valence-electron chi connectivity index (χ4n) is 2.41. The first-order valence-electron chi connectivity index (χ1n) is 7.16. The van der Waals surface area contributed by atoms with E-state index in [2.05, 4.69) is 43.1 Å². The van der Waals surface area contributed by atoms with Crippen molar-refractivity contribution in [1.29, 1.82) is 0 Å². The van der Waals surface area contributed by atoms with E-state index in [9.17, 15) is 4.79 Å². The first-order chi connectivity index (χ1) is 10.7. The summed E-state index contributed by atoms with van der Waals surface area (Å²) in [7, 11) is 0. The number of carbonyl (C=O) groups excluding carboxylic acids is 1. The number of pyridine rings is 1. The number of aromatic nitrogens is 1. The molecule has 1 amide bonds. The minimum atomic E-state index is -0.199. The van der Waals surface area contributed by atoms with Crippen molar-refractivity contribution >= 4 is 33.2 Å². The highest BCUT2D eigenvalue weighted by atomic mass is 79.9. The summed E-state index contributed by atoms with van der Waals surface area (Å²) in [6, 6.07) is 9.90. The second-order valence-electron chi connectivity index (χ2n) is 5.13. The molecule has 0 bridgehead atoms. The number of thiophene rings is 1. The van der Waals surface area contributed by atoms with Crippen LogP contribution in [0.4, 0.5) is 0 Å². The standard InChI is InChI=1S/C15H17BrN4OS/c16-14-5-4-13(22-14)11-9-12(20-19-11)15(21)18-8-6-10-3-1-2-7-17-10/h1-5,7,11-12,19-20H,6,8-9H2,(H,18,21). The second kappa shape index (κ2) is 7.32. The van der Waals surface area contributed by atoms with Crippen molar-refractivity contribution in [2.24, 2.45) is 0 Å². The molecule has 1 saturated heterocycles. The highest BCUT2D eigenvalue weighted by Crippen LogP contribution is 2.31. The Labute approximate surface area is 141 Å². The van der Waals surface area contributed by atoms with Gasteiger partial charge in [-0.1, -0.05) is 6.07 Å². The molecule has 2 aromatic rings. The number of hydrazine groups is 1. The molecule has 3 rings (SSSR count). The van der Waals surface area contributed by atoms with Gasteiger partial charge in [-0.25, -0.2) is 10.9 Å². The summed E-state index contributed by atoms with van der Waals surface area (Å²) in [6.45, 7) is 0.600. The third-order valence-corrected chi connectivity index (χ3v) is 5.30. The molecule has 2 aromatic heterocycles. The Hall–Kier alpha value is -1.28. The fraction of sp³-hybridized carbons (Fsp3) is 0.333. The Balaban J connectivity index is 1.45. The van der Waals surface area contributed by atoms with E-state index in [1.165, 1.54) is 4.88 Å². The van der Waals surface area contributed by atoms with Gasteiger partial charge in [-0.05, 0) is 46.6 Å². The van der Waals surface area contributed by atoms with Gasteiger partial charge in [0.2, 0.25) is 5.91 Å². The topological polar surface area (TPSA) is 66.0 Å². The summed E-state index contributed by atoms with van der Waals surface area (Å²) in [4.78, 5) is 17.6. The molecule has 3 heterocycles. The summed E-state index contributed by atoms with van der Waals surface area (Å²) in [5.74, 6) is 0.0292. The van der Waals surface area contributed by atoms with Gasteiger partial charge in [0.15, 0.2) is 0 Å². The molecule has 1 fully saturated rings. The number of hydrogen-bond donors (Lipinski definition) is 3. The number of rotatable bonds is 5. The lowest BCUT2D eigenvalue weighted by Gasteiger charge is -2.10. The number of hydrogen-bond acceptors (Lipinski definition) is 5. The monoisotopic (exact) mass is 380 g/mol. The summed E-state index contributed by atoms with van der Waals surface area (Å²) in [6.07, 6.45) is 3.26. The van der Waals surface area contributed by atoms with Gasteiger partial charge in [0.05, 0.1) is 9.83 Å². The minimum absolute atomic E-state index is 0.0292.